The van der Waals surface area contributed by atoms with Gasteiger partial charge < -0.3 is 9.84 Å². The van der Waals surface area contributed by atoms with Gasteiger partial charge in [0.15, 0.2) is 0 Å². The molecule has 0 unspecified atom stereocenters. The average molecular weight is 368 g/mol. The molecule has 0 saturated carbocycles. The molecule has 0 aliphatic carbocycles. The number of hydrogen-bond acceptors (Lipinski definition) is 5. The van der Waals surface area contributed by atoms with Gasteiger partial charge in [0.2, 0.25) is 17.6 Å². The maximum atomic E-state index is 12.0. The Morgan fingerprint density at radius 1 is 1.30 bits per heavy atom. The Kier molecular flexibility index (Phi) is 4.95. The standard InChI is InChI=1S/C15H11Cl2N3O2S/c16-10-1-2-12(11(17)7-10)18-13(21)3-4-14-19-15(20-22-14)9-5-6-23-8-9/h1-2,5-8H,3-4H2,(H,18,21). The number of thiophene rings is 1. The fourth-order valence-corrected chi connectivity index (χ4v) is 2.98. The van der Waals surface area contributed by atoms with Crippen molar-refractivity contribution in [1.29, 1.82) is 0 Å². The Labute approximate surface area is 146 Å². The van der Waals surface area contributed by atoms with Crippen LogP contribution < -0.4 is 5.32 Å². The molecule has 0 radical (unpaired) electrons. The highest BCUT2D eigenvalue weighted by Crippen LogP contribution is 2.25. The number of anilines is 1. The number of halogens is 2. The van der Waals surface area contributed by atoms with E-state index in [4.69, 9.17) is 27.7 Å². The van der Waals surface area contributed by atoms with E-state index >= 15 is 0 Å². The zero-order valence-corrected chi connectivity index (χ0v) is 14.1. The Morgan fingerprint density at radius 3 is 2.91 bits per heavy atom. The molecule has 0 spiro atoms. The number of benzene rings is 1. The number of aromatic nitrogens is 2. The molecule has 0 aliphatic heterocycles. The summed E-state index contributed by atoms with van der Waals surface area (Å²) in [6.45, 7) is 0. The van der Waals surface area contributed by atoms with Crippen molar-refractivity contribution in [3.05, 3.63) is 51.0 Å². The highest BCUT2D eigenvalue weighted by Gasteiger charge is 2.12. The minimum Gasteiger partial charge on any atom is -0.339 e. The van der Waals surface area contributed by atoms with Gasteiger partial charge in [0.05, 0.1) is 10.7 Å². The van der Waals surface area contributed by atoms with Gasteiger partial charge in [-0.2, -0.15) is 16.3 Å². The largest absolute Gasteiger partial charge is 0.339 e. The second-order valence-corrected chi connectivity index (χ2v) is 6.32. The molecular formula is C15H11Cl2N3O2S. The zero-order valence-electron chi connectivity index (χ0n) is 11.8. The molecule has 0 fully saturated rings. The predicted octanol–water partition coefficient (Wildman–Crippen LogP) is 4.68. The van der Waals surface area contributed by atoms with Crippen LogP contribution in [-0.2, 0) is 11.2 Å². The molecule has 0 bridgehead atoms. The van der Waals surface area contributed by atoms with Crippen molar-refractivity contribution in [2.45, 2.75) is 12.8 Å². The molecular weight excluding hydrogens is 357 g/mol. The lowest BCUT2D eigenvalue weighted by Crippen LogP contribution is -2.12. The number of aryl methyl sites for hydroxylation is 1. The number of carbonyl (C=O) groups excluding carboxylic acids is 1. The van der Waals surface area contributed by atoms with E-state index in [1.54, 1.807) is 29.5 Å². The average Bonchev–Trinajstić information content (AvgIpc) is 3.18. The number of nitrogens with one attached hydrogen (secondary N) is 1. The zero-order chi connectivity index (χ0) is 16.2. The van der Waals surface area contributed by atoms with Crippen molar-refractivity contribution in [2.24, 2.45) is 0 Å². The summed E-state index contributed by atoms with van der Waals surface area (Å²) >= 11 is 13.4. The molecule has 2 aromatic heterocycles. The minimum atomic E-state index is -0.190. The third-order valence-corrected chi connectivity index (χ3v) is 4.25. The number of amides is 1. The number of nitrogens with zero attached hydrogens (tertiary/aromatic N) is 2. The van der Waals surface area contributed by atoms with Crippen LogP contribution >= 0.6 is 34.5 Å². The Hall–Kier alpha value is -1.89. The van der Waals surface area contributed by atoms with Gasteiger partial charge in [0.1, 0.15) is 0 Å². The van der Waals surface area contributed by atoms with Crippen molar-refractivity contribution in [2.75, 3.05) is 5.32 Å². The Morgan fingerprint density at radius 2 is 2.17 bits per heavy atom. The van der Waals surface area contributed by atoms with Crippen LogP contribution in [0.15, 0.2) is 39.5 Å². The van der Waals surface area contributed by atoms with Gasteiger partial charge in [-0.05, 0) is 29.6 Å². The molecule has 8 heteroatoms. The van der Waals surface area contributed by atoms with E-state index in [2.05, 4.69) is 15.5 Å². The number of rotatable bonds is 5. The fourth-order valence-electron chi connectivity index (χ4n) is 1.89. The van der Waals surface area contributed by atoms with Crippen molar-refractivity contribution in [3.8, 4) is 11.4 Å². The van der Waals surface area contributed by atoms with Gasteiger partial charge >= 0.3 is 0 Å². The smallest absolute Gasteiger partial charge is 0.227 e. The van der Waals surface area contributed by atoms with Crippen LogP contribution in [-0.4, -0.2) is 16.0 Å². The van der Waals surface area contributed by atoms with Crippen molar-refractivity contribution < 1.29 is 9.32 Å². The van der Waals surface area contributed by atoms with E-state index < -0.39 is 0 Å². The molecule has 3 rings (SSSR count). The van der Waals surface area contributed by atoms with E-state index in [-0.39, 0.29) is 12.3 Å². The fraction of sp³-hybridized carbons (Fsp3) is 0.133. The SMILES string of the molecule is O=C(CCc1nc(-c2ccsc2)no1)Nc1ccc(Cl)cc1Cl. The maximum Gasteiger partial charge on any atom is 0.227 e. The number of carbonyl (C=O) groups is 1. The van der Waals surface area contributed by atoms with E-state index in [0.29, 0.717) is 33.9 Å². The minimum absolute atomic E-state index is 0.190. The first-order valence-corrected chi connectivity index (χ1v) is 8.42. The van der Waals surface area contributed by atoms with Crippen LogP contribution in [0.25, 0.3) is 11.4 Å². The lowest BCUT2D eigenvalue weighted by atomic mass is 10.2. The summed E-state index contributed by atoms with van der Waals surface area (Å²) < 4.78 is 5.15. The van der Waals surface area contributed by atoms with Gasteiger partial charge in [0.25, 0.3) is 0 Å². The summed E-state index contributed by atoms with van der Waals surface area (Å²) in [4.78, 5) is 16.2. The van der Waals surface area contributed by atoms with E-state index in [9.17, 15) is 4.79 Å². The lowest BCUT2D eigenvalue weighted by molar-refractivity contribution is -0.116. The van der Waals surface area contributed by atoms with Gasteiger partial charge in [-0.25, -0.2) is 0 Å². The van der Waals surface area contributed by atoms with Gasteiger partial charge in [-0.1, -0.05) is 28.4 Å². The first-order valence-electron chi connectivity index (χ1n) is 6.72. The van der Waals surface area contributed by atoms with Crippen LogP contribution in [0.1, 0.15) is 12.3 Å². The monoisotopic (exact) mass is 367 g/mol. The molecule has 1 amide bonds. The molecule has 2 heterocycles. The summed E-state index contributed by atoms with van der Waals surface area (Å²) in [5, 5.41) is 11.4. The summed E-state index contributed by atoms with van der Waals surface area (Å²) in [7, 11) is 0. The Bertz CT molecular complexity index is 818. The summed E-state index contributed by atoms with van der Waals surface area (Å²) in [5.74, 6) is 0.760. The normalized spacial score (nSPS) is 10.7. The van der Waals surface area contributed by atoms with Gasteiger partial charge in [-0.3, -0.25) is 4.79 Å². The van der Waals surface area contributed by atoms with Crippen LogP contribution in [0.4, 0.5) is 5.69 Å². The maximum absolute atomic E-state index is 12.0. The van der Waals surface area contributed by atoms with Crippen molar-refractivity contribution in [1.82, 2.24) is 10.1 Å². The van der Waals surface area contributed by atoms with E-state index in [1.165, 1.54) is 0 Å². The summed E-state index contributed by atoms with van der Waals surface area (Å²) in [6, 6.07) is 6.80. The van der Waals surface area contributed by atoms with Gasteiger partial charge in [-0.15, -0.1) is 0 Å². The van der Waals surface area contributed by atoms with E-state index in [0.717, 1.165) is 5.56 Å². The molecule has 0 atom stereocenters. The predicted molar refractivity (Wildman–Crippen MR) is 91.0 cm³/mol. The first kappa shape index (κ1) is 16.0. The van der Waals surface area contributed by atoms with E-state index in [1.807, 2.05) is 16.8 Å². The van der Waals surface area contributed by atoms with Crippen molar-refractivity contribution >= 4 is 46.1 Å². The number of hydrogen-bond donors (Lipinski definition) is 1. The topological polar surface area (TPSA) is 68.0 Å². The third kappa shape index (κ3) is 4.10. The summed E-state index contributed by atoms with van der Waals surface area (Å²) in [6.07, 6.45) is 0.568. The quantitative estimate of drug-likeness (QED) is 0.710. The second kappa shape index (κ2) is 7.12. The van der Waals surface area contributed by atoms with Crippen LogP contribution in [0, 0.1) is 0 Å². The van der Waals surface area contributed by atoms with Crippen LogP contribution in [0.2, 0.25) is 10.0 Å². The highest BCUT2D eigenvalue weighted by molar-refractivity contribution is 7.08. The van der Waals surface area contributed by atoms with Crippen molar-refractivity contribution in [3.63, 3.8) is 0 Å². The molecule has 0 aliphatic rings. The summed E-state index contributed by atoms with van der Waals surface area (Å²) in [5.41, 5.74) is 1.42. The molecule has 1 N–H and O–H groups in total. The second-order valence-electron chi connectivity index (χ2n) is 4.70. The van der Waals surface area contributed by atoms with Gasteiger partial charge in [0, 0.05) is 28.8 Å². The lowest BCUT2D eigenvalue weighted by Gasteiger charge is -2.06. The molecule has 118 valence electrons. The van der Waals surface area contributed by atoms with Crippen LogP contribution in [0.3, 0.4) is 0 Å². The molecule has 23 heavy (non-hydrogen) atoms. The molecule has 0 saturated heterocycles. The molecule has 1 aromatic carbocycles. The first-order chi connectivity index (χ1) is 11.1. The third-order valence-electron chi connectivity index (χ3n) is 3.02. The molecule has 5 nitrogen and oxygen atoms in total. The van der Waals surface area contributed by atoms with Crippen LogP contribution in [0.5, 0.6) is 0 Å². The Balaban J connectivity index is 1.57. The molecule has 3 aromatic rings. The highest BCUT2D eigenvalue weighted by atomic mass is 35.5.